The van der Waals surface area contributed by atoms with Crippen LogP contribution >= 0.6 is 11.8 Å². The van der Waals surface area contributed by atoms with E-state index >= 15 is 0 Å². The predicted octanol–water partition coefficient (Wildman–Crippen LogP) is 4.77. The molecule has 2 heterocycles. The highest BCUT2D eigenvalue weighted by Gasteiger charge is 2.13. The Morgan fingerprint density at radius 3 is 2.53 bits per heavy atom. The van der Waals surface area contributed by atoms with E-state index in [1.165, 1.54) is 11.8 Å². The molecule has 0 bridgehead atoms. The molecule has 0 spiro atoms. The van der Waals surface area contributed by atoms with Gasteiger partial charge in [0.25, 0.3) is 0 Å². The molecule has 0 aliphatic carbocycles. The number of aryl methyl sites for hydroxylation is 1. The van der Waals surface area contributed by atoms with E-state index in [1.54, 1.807) is 0 Å². The number of benzene rings is 2. The molecule has 1 amide bonds. The molecule has 4 rings (SSSR count). The molecule has 6 nitrogen and oxygen atoms in total. The molecular weight excluding hydrogens is 394 g/mol. The van der Waals surface area contributed by atoms with E-state index in [9.17, 15) is 4.79 Å². The first kappa shape index (κ1) is 20.2. The quantitative estimate of drug-likeness (QED) is 0.437. The molecule has 154 valence electrons. The zero-order valence-corrected chi connectivity index (χ0v) is 18.2. The van der Waals surface area contributed by atoms with Crippen molar-refractivity contribution in [2.45, 2.75) is 25.9 Å². The molecule has 0 saturated heterocycles. The van der Waals surface area contributed by atoms with Gasteiger partial charge in [-0.25, -0.2) is 0 Å². The summed E-state index contributed by atoms with van der Waals surface area (Å²) in [6, 6.07) is 18.2. The fraction of sp³-hybridized carbons (Fsp3) is 0.261. The Kier molecular flexibility index (Phi) is 5.90. The Morgan fingerprint density at radius 1 is 1.07 bits per heavy atom. The molecule has 0 aliphatic heterocycles. The Bertz CT molecular complexity index is 1180. The number of nitrogens with zero attached hydrogens (tertiary/aromatic N) is 4. The number of hydrogen-bond donors (Lipinski definition) is 1. The van der Waals surface area contributed by atoms with Crippen LogP contribution in [0.2, 0.25) is 0 Å². The van der Waals surface area contributed by atoms with Gasteiger partial charge in [-0.2, -0.15) is 0 Å². The van der Waals surface area contributed by atoms with Gasteiger partial charge in [0.05, 0.1) is 11.3 Å². The van der Waals surface area contributed by atoms with Crippen LogP contribution in [0.15, 0.2) is 59.8 Å². The van der Waals surface area contributed by atoms with Gasteiger partial charge >= 0.3 is 0 Å². The van der Waals surface area contributed by atoms with Crippen LogP contribution in [0.4, 0.5) is 11.4 Å². The number of hydrogen-bond acceptors (Lipinski definition) is 5. The largest absolute Gasteiger partial charge is 0.372 e. The van der Waals surface area contributed by atoms with Crippen LogP contribution in [0.1, 0.15) is 19.4 Å². The molecule has 0 unspecified atom stereocenters. The van der Waals surface area contributed by atoms with Crippen molar-refractivity contribution >= 4 is 45.6 Å². The Balaban J connectivity index is 1.47. The zero-order valence-electron chi connectivity index (χ0n) is 17.4. The van der Waals surface area contributed by atoms with E-state index in [0.717, 1.165) is 46.6 Å². The predicted molar refractivity (Wildman–Crippen MR) is 125 cm³/mol. The first-order chi connectivity index (χ1) is 14.6. The minimum Gasteiger partial charge on any atom is -0.372 e. The number of aromatic nitrogens is 3. The van der Waals surface area contributed by atoms with Crippen LogP contribution in [-0.2, 0) is 4.79 Å². The molecule has 7 heteroatoms. The molecule has 0 atom stereocenters. The number of para-hydroxylation sites is 1. The van der Waals surface area contributed by atoms with E-state index in [-0.39, 0.29) is 11.7 Å². The van der Waals surface area contributed by atoms with Crippen molar-refractivity contribution in [2.24, 2.45) is 0 Å². The molecule has 1 N–H and O–H groups in total. The van der Waals surface area contributed by atoms with Gasteiger partial charge in [-0.1, -0.05) is 30.0 Å². The number of rotatable bonds is 7. The van der Waals surface area contributed by atoms with Crippen molar-refractivity contribution in [1.82, 2.24) is 14.6 Å². The summed E-state index contributed by atoms with van der Waals surface area (Å²) < 4.78 is 2.01. The van der Waals surface area contributed by atoms with Crippen LogP contribution < -0.4 is 10.2 Å². The maximum absolute atomic E-state index is 12.5. The van der Waals surface area contributed by atoms with Gasteiger partial charge in [-0.15, -0.1) is 10.2 Å². The molecule has 0 saturated carbocycles. The molecule has 0 fully saturated rings. The van der Waals surface area contributed by atoms with Gasteiger partial charge in [0.1, 0.15) is 0 Å². The van der Waals surface area contributed by atoms with Crippen molar-refractivity contribution in [1.29, 1.82) is 0 Å². The number of nitrogens with one attached hydrogen (secondary N) is 1. The SMILES string of the molecule is CCN(CC)c1ccc(NC(=O)CSc2nnc3cc(C)c4ccccc4n23)cc1. The molecule has 0 radical (unpaired) electrons. The van der Waals surface area contributed by atoms with Crippen molar-refractivity contribution < 1.29 is 4.79 Å². The maximum atomic E-state index is 12.5. The number of carbonyl (C=O) groups excluding carboxylic acids is 1. The highest BCUT2D eigenvalue weighted by Crippen LogP contribution is 2.26. The normalized spacial score (nSPS) is 11.2. The van der Waals surface area contributed by atoms with E-state index in [4.69, 9.17) is 0 Å². The van der Waals surface area contributed by atoms with Crippen LogP contribution in [0.5, 0.6) is 0 Å². The lowest BCUT2D eigenvalue weighted by Gasteiger charge is -2.21. The summed E-state index contributed by atoms with van der Waals surface area (Å²) in [7, 11) is 0. The number of amides is 1. The third-order valence-corrected chi connectivity index (χ3v) is 6.11. The molecule has 4 aromatic rings. The first-order valence-corrected chi connectivity index (χ1v) is 11.1. The summed E-state index contributed by atoms with van der Waals surface area (Å²) in [5.41, 5.74) is 4.95. The van der Waals surface area contributed by atoms with E-state index in [0.29, 0.717) is 5.16 Å². The minimum absolute atomic E-state index is 0.0660. The zero-order chi connectivity index (χ0) is 21.1. The minimum atomic E-state index is -0.0660. The second kappa shape index (κ2) is 8.75. The van der Waals surface area contributed by atoms with Crippen molar-refractivity contribution in [3.8, 4) is 0 Å². The molecule has 2 aromatic heterocycles. The summed E-state index contributed by atoms with van der Waals surface area (Å²) in [6.07, 6.45) is 0. The monoisotopic (exact) mass is 419 g/mol. The third kappa shape index (κ3) is 3.98. The first-order valence-electron chi connectivity index (χ1n) is 10.1. The summed E-state index contributed by atoms with van der Waals surface area (Å²) in [6.45, 7) is 8.26. The van der Waals surface area contributed by atoms with Gasteiger partial charge in [0.2, 0.25) is 5.91 Å². The van der Waals surface area contributed by atoms with Crippen molar-refractivity contribution in [3.63, 3.8) is 0 Å². The van der Waals surface area contributed by atoms with Gasteiger partial charge < -0.3 is 10.2 Å². The highest BCUT2D eigenvalue weighted by atomic mass is 32.2. The number of fused-ring (bicyclic) bond motifs is 3. The highest BCUT2D eigenvalue weighted by molar-refractivity contribution is 7.99. The standard InChI is InChI=1S/C23H25N5OS/c1-4-27(5-2)18-12-10-17(11-13-18)24-22(29)15-30-23-26-25-21-14-16(3)19-8-6-7-9-20(19)28(21)23/h6-14H,4-5,15H2,1-3H3,(H,24,29). The fourth-order valence-corrected chi connectivity index (χ4v) is 4.39. The van der Waals surface area contributed by atoms with Crippen LogP contribution in [0.25, 0.3) is 16.6 Å². The second-order valence-electron chi connectivity index (χ2n) is 7.08. The summed E-state index contributed by atoms with van der Waals surface area (Å²) in [4.78, 5) is 14.8. The molecule has 30 heavy (non-hydrogen) atoms. The summed E-state index contributed by atoms with van der Waals surface area (Å²) in [5.74, 6) is 0.199. The molecule has 2 aromatic carbocycles. The van der Waals surface area contributed by atoms with Gasteiger partial charge in [-0.05, 0) is 62.7 Å². The molecular formula is C23H25N5OS. The van der Waals surface area contributed by atoms with Crippen molar-refractivity contribution in [2.75, 3.05) is 29.1 Å². The van der Waals surface area contributed by atoms with Crippen LogP contribution in [-0.4, -0.2) is 39.3 Å². The Morgan fingerprint density at radius 2 is 1.80 bits per heavy atom. The number of thioether (sulfide) groups is 1. The average molecular weight is 420 g/mol. The van der Waals surface area contributed by atoms with Crippen LogP contribution in [0, 0.1) is 6.92 Å². The topological polar surface area (TPSA) is 62.5 Å². The van der Waals surface area contributed by atoms with Gasteiger partial charge in [0.15, 0.2) is 10.8 Å². The van der Waals surface area contributed by atoms with Crippen molar-refractivity contribution in [3.05, 3.63) is 60.2 Å². The smallest absolute Gasteiger partial charge is 0.234 e. The van der Waals surface area contributed by atoms with E-state index in [2.05, 4.69) is 53.3 Å². The number of anilines is 2. The summed E-state index contributed by atoms with van der Waals surface area (Å²) >= 11 is 1.39. The summed E-state index contributed by atoms with van der Waals surface area (Å²) in [5, 5.41) is 13.4. The lowest BCUT2D eigenvalue weighted by Crippen LogP contribution is -2.21. The lowest BCUT2D eigenvalue weighted by molar-refractivity contribution is -0.113. The number of carbonyl (C=O) groups is 1. The Hall–Kier alpha value is -3.06. The number of pyridine rings is 1. The molecule has 0 aliphatic rings. The van der Waals surface area contributed by atoms with Gasteiger partial charge in [0, 0.05) is 29.9 Å². The second-order valence-corrected chi connectivity index (χ2v) is 8.02. The maximum Gasteiger partial charge on any atom is 0.234 e. The van der Waals surface area contributed by atoms with E-state index in [1.807, 2.05) is 46.9 Å². The van der Waals surface area contributed by atoms with Crippen LogP contribution in [0.3, 0.4) is 0 Å². The van der Waals surface area contributed by atoms with Gasteiger partial charge in [-0.3, -0.25) is 9.20 Å². The lowest BCUT2D eigenvalue weighted by atomic mass is 10.1. The third-order valence-electron chi connectivity index (χ3n) is 5.19. The fourth-order valence-electron chi connectivity index (χ4n) is 3.64. The average Bonchev–Trinajstić information content (AvgIpc) is 3.17. The van der Waals surface area contributed by atoms with E-state index < -0.39 is 0 Å². The Labute approximate surface area is 180 Å².